The fourth-order valence-electron chi connectivity index (χ4n) is 1.62. The van der Waals surface area contributed by atoms with Crippen molar-refractivity contribution in [3.05, 3.63) is 12.2 Å². The van der Waals surface area contributed by atoms with Gasteiger partial charge in [0.1, 0.15) is 5.78 Å². The minimum absolute atomic E-state index is 0.445. The van der Waals surface area contributed by atoms with Crippen LogP contribution >= 0.6 is 0 Å². The number of unbranched alkanes of at least 4 members (excludes halogenated alkanes) is 2. The van der Waals surface area contributed by atoms with Crippen LogP contribution in [0, 0.1) is 5.92 Å². The molecule has 12 heavy (non-hydrogen) atoms. The average molecular weight is 166 g/mol. The summed E-state index contributed by atoms with van der Waals surface area (Å²) in [7, 11) is 0. The number of hydrogen-bond donors (Lipinski definition) is 0. The summed E-state index contributed by atoms with van der Waals surface area (Å²) in [5, 5.41) is 0. The highest BCUT2D eigenvalue weighted by Gasteiger charge is 2.18. The molecule has 1 saturated carbocycles. The summed E-state index contributed by atoms with van der Waals surface area (Å²) in [5.74, 6) is 1.01. The molecule has 0 aromatic carbocycles. The second kappa shape index (κ2) is 5.13. The molecule has 0 aliphatic heterocycles. The maximum atomic E-state index is 10.9. The maximum absolute atomic E-state index is 10.9. The van der Waals surface area contributed by atoms with E-state index < -0.39 is 0 Å². The van der Waals surface area contributed by atoms with Crippen LogP contribution in [-0.2, 0) is 4.79 Å². The number of hydrogen-bond acceptors (Lipinski definition) is 1. The summed E-state index contributed by atoms with van der Waals surface area (Å²) in [4.78, 5) is 10.9. The van der Waals surface area contributed by atoms with E-state index in [1.807, 2.05) is 0 Å². The Morgan fingerprint density at radius 2 is 2.42 bits per heavy atom. The molecule has 0 aromatic rings. The Hall–Kier alpha value is -0.590. The van der Waals surface area contributed by atoms with Crippen LogP contribution in [0.15, 0.2) is 12.2 Å². The van der Waals surface area contributed by atoms with Crippen molar-refractivity contribution in [3.63, 3.8) is 0 Å². The van der Waals surface area contributed by atoms with E-state index in [-0.39, 0.29) is 0 Å². The van der Waals surface area contributed by atoms with Crippen LogP contribution in [0.5, 0.6) is 0 Å². The largest absolute Gasteiger partial charge is 0.300 e. The van der Waals surface area contributed by atoms with Crippen LogP contribution in [0.4, 0.5) is 0 Å². The molecule has 0 unspecified atom stereocenters. The molecule has 68 valence electrons. The molecule has 0 N–H and O–H groups in total. The maximum Gasteiger partial charge on any atom is 0.133 e. The second-order valence-corrected chi connectivity index (χ2v) is 3.61. The molecule has 0 bridgehead atoms. The van der Waals surface area contributed by atoms with E-state index in [0.29, 0.717) is 11.7 Å². The molecule has 1 nitrogen and oxygen atoms in total. The summed E-state index contributed by atoms with van der Waals surface area (Å²) in [6.07, 6.45) is 10.9. The molecule has 1 fully saturated rings. The highest BCUT2D eigenvalue weighted by molar-refractivity contribution is 5.80. The van der Waals surface area contributed by atoms with Crippen LogP contribution in [0.1, 0.15) is 45.4 Å². The van der Waals surface area contributed by atoms with E-state index in [9.17, 15) is 4.79 Å². The molecule has 0 spiro atoms. The number of Topliss-reactive ketones (excluding diaryl/α,β-unsaturated/α-hetero) is 1. The van der Waals surface area contributed by atoms with Gasteiger partial charge in [-0.05, 0) is 18.8 Å². The Morgan fingerprint density at radius 1 is 1.58 bits per heavy atom. The monoisotopic (exact) mass is 166 g/mol. The Bertz CT molecular complexity index is 170. The number of allylic oxidation sites excluding steroid dienone is 2. The minimum atomic E-state index is 0.445. The standard InChI is InChI=1S/C11H18O/c1-2-3-4-5-6-10-7-8-11(12)9-10/h5-6,10H,2-4,7-9H2,1H3/b6-5-/t10-/m0/s1. The van der Waals surface area contributed by atoms with E-state index in [4.69, 9.17) is 0 Å². The smallest absolute Gasteiger partial charge is 0.133 e. The molecule has 0 heterocycles. The van der Waals surface area contributed by atoms with Gasteiger partial charge in [-0.2, -0.15) is 0 Å². The Labute approximate surface area is 74.9 Å². The fourth-order valence-corrected chi connectivity index (χ4v) is 1.62. The van der Waals surface area contributed by atoms with Gasteiger partial charge in [-0.1, -0.05) is 31.9 Å². The van der Waals surface area contributed by atoms with Gasteiger partial charge < -0.3 is 0 Å². The van der Waals surface area contributed by atoms with Crippen molar-refractivity contribution in [1.29, 1.82) is 0 Å². The van der Waals surface area contributed by atoms with E-state index in [1.165, 1.54) is 19.3 Å². The lowest BCUT2D eigenvalue weighted by Gasteiger charge is -1.97. The first-order valence-electron chi connectivity index (χ1n) is 5.01. The van der Waals surface area contributed by atoms with Crippen LogP contribution in [-0.4, -0.2) is 5.78 Å². The Kier molecular flexibility index (Phi) is 4.06. The van der Waals surface area contributed by atoms with E-state index in [0.717, 1.165) is 19.3 Å². The van der Waals surface area contributed by atoms with Crippen molar-refractivity contribution in [2.75, 3.05) is 0 Å². The Balaban J connectivity index is 2.14. The van der Waals surface area contributed by atoms with Crippen molar-refractivity contribution in [2.24, 2.45) is 5.92 Å². The molecule has 1 rings (SSSR count). The summed E-state index contributed by atoms with van der Waals surface area (Å²) < 4.78 is 0. The number of carbonyl (C=O) groups excluding carboxylic acids is 1. The molecule has 1 aliphatic rings. The van der Waals surface area contributed by atoms with Gasteiger partial charge in [0.05, 0.1) is 0 Å². The fraction of sp³-hybridized carbons (Fsp3) is 0.727. The van der Waals surface area contributed by atoms with E-state index in [2.05, 4.69) is 19.1 Å². The molecule has 0 amide bonds. The van der Waals surface area contributed by atoms with Gasteiger partial charge in [-0.25, -0.2) is 0 Å². The molecule has 0 radical (unpaired) electrons. The summed E-state index contributed by atoms with van der Waals surface area (Å²) in [6.45, 7) is 2.20. The Morgan fingerprint density at radius 3 is 3.00 bits per heavy atom. The first-order valence-corrected chi connectivity index (χ1v) is 5.01. The highest BCUT2D eigenvalue weighted by Crippen LogP contribution is 2.23. The molecular formula is C11H18O. The zero-order valence-corrected chi connectivity index (χ0v) is 7.88. The van der Waals surface area contributed by atoms with Gasteiger partial charge in [0.15, 0.2) is 0 Å². The van der Waals surface area contributed by atoms with Crippen LogP contribution in [0.3, 0.4) is 0 Å². The van der Waals surface area contributed by atoms with Crippen molar-refractivity contribution in [2.45, 2.75) is 45.4 Å². The second-order valence-electron chi connectivity index (χ2n) is 3.61. The third kappa shape index (κ3) is 3.21. The molecular weight excluding hydrogens is 148 g/mol. The lowest BCUT2D eigenvalue weighted by molar-refractivity contribution is -0.117. The SMILES string of the molecule is CCCC/C=C\[C@H]1CCC(=O)C1. The predicted molar refractivity (Wildman–Crippen MR) is 51.0 cm³/mol. The van der Waals surface area contributed by atoms with Gasteiger partial charge in [0.2, 0.25) is 0 Å². The molecule has 0 aromatic heterocycles. The summed E-state index contributed by atoms with van der Waals surface area (Å²) in [5.41, 5.74) is 0. The normalized spacial score (nSPS) is 24.1. The zero-order chi connectivity index (χ0) is 8.81. The van der Waals surface area contributed by atoms with E-state index >= 15 is 0 Å². The molecule has 1 atom stereocenters. The lowest BCUT2D eigenvalue weighted by Crippen LogP contribution is -1.89. The minimum Gasteiger partial charge on any atom is -0.300 e. The lowest BCUT2D eigenvalue weighted by atomic mass is 10.1. The summed E-state index contributed by atoms with van der Waals surface area (Å²) in [6, 6.07) is 0. The third-order valence-electron chi connectivity index (χ3n) is 2.42. The first kappa shape index (κ1) is 9.50. The van der Waals surface area contributed by atoms with E-state index in [1.54, 1.807) is 0 Å². The van der Waals surface area contributed by atoms with Gasteiger partial charge in [0.25, 0.3) is 0 Å². The van der Waals surface area contributed by atoms with Crippen molar-refractivity contribution < 1.29 is 4.79 Å². The van der Waals surface area contributed by atoms with Crippen LogP contribution in [0.2, 0.25) is 0 Å². The van der Waals surface area contributed by atoms with Gasteiger partial charge in [0, 0.05) is 12.8 Å². The number of rotatable bonds is 4. The summed E-state index contributed by atoms with van der Waals surface area (Å²) >= 11 is 0. The molecule has 0 saturated heterocycles. The number of ketones is 1. The van der Waals surface area contributed by atoms with Gasteiger partial charge in [-0.15, -0.1) is 0 Å². The van der Waals surface area contributed by atoms with Crippen LogP contribution < -0.4 is 0 Å². The topological polar surface area (TPSA) is 17.1 Å². The predicted octanol–water partition coefficient (Wildman–Crippen LogP) is 3.10. The molecule has 1 heteroatoms. The van der Waals surface area contributed by atoms with Gasteiger partial charge in [-0.3, -0.25) is 4.79 Å². The van der Waals surface area contributed by atoms with Crippen LogP contribution in [0.25, 0.3) is 0 Å². The first-order chi connectivity index (χ1) is 5.83. The van der Waals surface area contributed by atoms with Gasteiger partial charge >= 0.3 is 0 Å². The third-order valence-corrected chi connectivity index (χ3v) is 2.42. The van der Waals surface area contributed by atoms with Crippen molar-refractivity contribution in [1.82, 2.24) is 0 Å². The average Bonchev–Trinajstić information content (AvgIpc) is 2.45. The van der Waals surface area contributed by atoms with Crippen molar-refractivity contribution >= 4 is 5.78 Å². The number of carbonyl (C=O) groups is 1. The zero-order valence-electron chi connectivity index (χ0n) is 7.88. The van der Waals surface area contributed by atoms with Crippen molar-refractivity contribution in [3.8, 4) is 0 Å². The highest BCUT2D eigenvalue weighted by atomic mass is 16.1. The molecule has 1 aliphatic carbocycles. The quantitative estimate of drug-likeness (QED) is 0.463.